The third-order valence-electron chi connectivity index (χ3n) is 5.37. The number of benzene rings is 2. The summed E-state index contributed by atoms with van der Waals surface area (Å²) in [6.07, 6.45) is 1.75. The van der Waals surface area contributed by atoms with Crippen molar-refractivity contribution in [3.05, 3.63) is 82.9 Å². The molecule has 0 spiro atoms. The number of nitrogens with zero attached hydrogens (tertiary/aromatic N) is 2. The third-order valence-corrected chi connectivity index (χ3v) is 5.37. The molecule has 0 aliphatic carbocycles. The van der Waals surface area contributed by atoms with Crippen LogP contribution in [-0.2, 0) is 4.84 Å². The van der Waals surface area contributed by atoms with Crippen molar-refractivity contribution in [1.82, 2.24) is 10.3 Å². The SMILES string of the molecule is COc1ccnc(C2CC(c3cc(C(=O)NC(C)C)cc(-c4ccc(C)cc4F)c3)=NO2)c1. The molecule has 170 valence electrons. The van der Waals surface area contributed by atoms with Gasteiger partial charge in [0.2, 0.25) is 0 Å². The van der Waals surface area contributed by atoms with E-state index >= 15 is 0 Å². The fraction of sp³-hybridized carbons (Fsp3) is 0.269. The molecule has 2 aromatic carbocycles. The standard InChI is InChI=1S/C26H26FN3O3/c1-15(2)29-26(31)19-11-17(21-6-5-16(3)9-22(21)27)10-18(12-19)23-14-25(33-30-23)24-13-20(32-4)7-8-28-24/h5-13,15,25H,14H2,1-4H3,(H,29,31). The number of halogens is 1. The Morgan fingerprint density at radius 2 is 1.94 bits per heavy atom. The van der Waals surface area contributed by atoms with E-state index in [0.717, 1.165) is 5.56 Å². The fourth-order valence-corrected chi connectivity index (χ4v) is 3.72. The van der Waals surface area contributed by atoms with Gasteiger partial charge < -0.3 is 14.9 Å². The molecule has 3 aromatic rings. The van der Waals surface area contributed by atoms with Crippen LogP contribution in [0, 0.1) is 12.7 Å². The number of rotatable bonds is 6. The van der Waals surface area contributed by atoms with Crippen LogP contribution in [0.4, 0.5) is 4.39 Å². The van der Waals surface area contributed by atoms with Crippen molar-refractivity contribution in [2.45, 2.75) is 39.3 Å². The Labute approximate surface area is 192 Å². The topological polar surface area (TPSA) is 72.8 Å². The molecule has 0 saturated carbocycles. The van der Waals surface area contributed by atoms with Crippen LogP contribution in [-0.4, -0.2) is 29.8 Å². The lowest BCUT2D eigenvalue weighted by Crippen LogP contribution is -2.30. The van der Waals surface area contributed by atoms with E-state index in [4.69, 9.17) is 9.57 Å². The van der Waals surface area contributed by atoms with Crippen molar-refractivity contribution < 1.29 is 18.8 Å². The van der Waals surface area contributed by atoms with Crippen molar-refractivity contribution in [1.29, 1.82) is 0 Å². The zero-order valence-corrected chi connectivity index (χ0v) is 19.1. The van der Waals surface area contributed by atoms with Crippen molar-refractivity contribution >= 4 is 11.6 Å². The molecule has 0 radical (unpaired) electrons. The quantitative estimate of drug-likeness (QED) is 0.563. The summed E-state index contributed by atoms with van der Waals surface area (Å²) in [5.74, 6) is 0.109. The number of amides is 1. The molecule has 1 aliphatic heterocycles. The van der Waals surface area contributed by atoms with Gasteiger partial charge in [-0.05, 0) is 62.2 Å². The van der Waals surface area contributed by atoms with Crippen LogP contribution in [0.1, 0.15) is 53.6 Å². The first kappa shape index (κ1) is 22.5. The van der Waals surface area contributed by atoms with Gasteiger partial charge in [-0.15, -0.1) is 0 Å². The van der Waals surface area contributed by atoms with Gasteiger partial charge in [0.25, 0.3) is 5.91 Å². The Kier molecular flexibility index (Phi) is 6.40. The molecule has 6 nitrogen and oxygen atoms in total. The molecule has 0 saturated heterocycles. The molecule has 4 rings (SSSR count). The molecule has 2 heterocycles. The first-order valence-corrected chi connectivity index (χ1v) is 10.8. The summed E-state index contributed by atoms with van der Waals surface area (Å²) in [4.78, 5) is 22.8. The molecule has 0 fully saturated rings. The van der Waals surface area contributed by atoms with Gasteiger partial charge in [0.05, 0.1) is 18.5 Å². The molecule has 1 aromatic heterocycles. The molecule has 1 amide bonds. The van der Waals surface area contributed by atoms with Crippen molar-refractivity contribution in [3.63, 3.8) is 0 Å². The minimum Gasteiger partial charge on any atom is -0.497 e. The van der Waals surface area contributed by atoms with Crippen LogP contribution >= 0.6 is 0 Å². The lowest BCUT2D eigenvalue weighted by Gasteiger charge is -2.13. The van der Waals surface area contributed by atoms with Gasteiger partial charge in [-0.25, -0.2) is 4.39 Å². The number of ether oxygens (including phenoxy) is 1. The normalized spacial score (nSPS) is 15.2. The molecule has 0 bridgehead atoms. The molecule has 33 heavy (non-hydrogen) atoms. The van der Waals surface area contributed by atoms with Gasteiger partial charge in [0.15, 0.2) is 6.10 Å². The van der Waals surface area contributed by atoms with Gasteiger partial charge >= 0.3 is 0 Å². The Morgan fingerprint density at radius 3 is 2.67 bits per heavy atom. The van der Waals surface area contributed by atoms with Crippen molar-refractivity contribution in [2.75, 3.05) is 7.11 Å². The molecule has 1 N–H and O–H groups in total. The number of methoxy groups -OCH3 is 1. The van der Waals surface area contributed by atoms with E-state index in [-0.39, 0.29) is 23.9 Å². The number of hydrogen-bond donors (Lipinski definition) is 1. The average Bonchev–Trinajstić information content (AvgIpc) is 3.29. The highest BCUT2D eigenvalue weighted by molar-refractivity contribution is 6.05. The summed E-state index contributed by atoms with van der Waals surface area (Å²) in [6, 6.07) is 13.9. The number of oxime groups is 1. The maximum atomic E-state index is 14.8. The molecule has 1 aliphatic rings. The molecule has 7 heteroatoms. The number of carbonyl (C=O) groups excluding carboxylic acids is 1. The van der Waals surface area contributed by atoms with E-state index in [9.17, 15) is 9.18 Å². The minimum atomic E-state index is -0.372. The Hall–Kier alpha value is -3.74. The predicted molar refractivity (Wildman–Crippen MR) is 125 cm³/mol. The van der Waals surface area contributed by atoms with Gasteiger partial charge in [0.1, 0.15) is 11.6 Å². The van der Waals surface area contributed by atoms with Gasteiger partial charge in [-0.2, -0.15) is 0 Å². The van der Waals surface area contributed by atoms with E-state index in [1.165, 1.54) is 6.07 Å². The number of aryl methyl sites for hydroxylation is 1. The highest BCUT2D eigenvalue weighted by Crippen LogP contribution is 2.32. The summed E-state index contributed by atoms with van der Waals surface area (Å²) < 4.78 is 20.0. The first-order chi connectivity index (χ1) is 15.8. The molecular formula is C26H26FN3O3. The fourth-order valence-electron chi connectivity index (χ4n) is 3.72. The average molecular weight is 448 g/mol. The number of carbonyl (C=O) groups is 1. The molecule has 1 atom stereocenters. The van der Waals surface area contributed by atoms with E-state index in [0.29, 0.717) is 45.8 Å². The van der Waals surface area contributed by atoms with Crippen LogP contribution in [0.25, 0.3) is 11.1 Å². The summed E-state index contributed by atoms with van der Waals surface area (Å²) in [7, 11) is 1.59. The highest BCUT2D eigenvalue weighted by atomic mass is 19.1. The Bertz CT molecular complexity index is 1220. The second-order valence-corrected chi connectivity index (χ2v) is 8.37. The zero-order chi connectivity index (χ0) is 23.5. The summed E-state index contributed by atoms with van der Waals surface area (Å²) in [5.41, 5.74) is 4.35. The number of nitrogens with one attached hydrogen (secondary N) is 1. The largest absolute Gasteiger partial charge is 0.497 e. The highest BCUT2D eigenvalue weighted by Gasteiger charge is 2.26. The van der Waals surface area contributed by atoms with E-state index in [1.807, 2.05) is 39.0 Å². The first-order valence-electron chi connectivity index (χ1n) is 10.8. The van der Waals surface area contributed by atoms with E-state index in [2.05, 4.69) is 15.5 Å². The zero-order valence-electron chi connectivity index (χ0n) is 19.1. The van der Waals surface area contributed by atoms with Crippen LogP contribution in [0.5, 0.6) is 5.75 Å². The van der Waals surface area contributed by atoms with E-state index in [1.54, 1.807) is 37.6 Å². The maximum absolute atomic E-state index is 14.8. The number of aromatic nitrogens is 1. The Balaban J connectivity index is 1.70. The number of pyridine rings is 1. The second kappa shape index (κ2) is 9.40. The summed E-state index contributed by atoms with van der Waals surface area (Å²) in [6.45, 7) is 5.62. The predicted octanol–water partition coefficient (Wildman–Crippen LogP) is 5.21. The maximum Gasteiger partial charge on any atom is 0.251 e. The summed E-state index contributed by atoms with van der Waals surface area (Å²) >= 11 is 0. The van der Waals surface area contributed by atoms with Crippen molar-refractivity contribution in [2.24, 2.45) is 5.16 Å². The molecular weight excluding hydrogens is 421 g/mol. The molecule has 1 unspecified atom stereocenters. The minimum absolute atomic E-state index is 0.0311. The van der Waals surface area contributed by atoms with E-state index < -0.39 is 0 Å². The van der Waals surface area contributed by atoms with Gasteiger partial charge in [-0.3, -0.25) is 9.78 Å². The third kappa shape index (κ3) is 5.03. The van der Waals surface area contributed by atoms with Crippen LogP contribution in [0.15, 0.2) is 59.9 Å². The van der Waals surface area contributed by atoms with Gasteiger partial charge in [0, 0.05) is 41.4 Å². The summed E-state index contributed by atoms with van der Waals surface area (Å²) in [5, 5.41) is 7.16. The smallest absolute Gasteiger partial charge is 0.251 e. The van der Waals surface area contributed by atoms with Crippen LogP contribution in [0.3, 0.4) is 0 Å². The Morgan fingerprint density at radius 1 is 1.15 bits per heavy atom. The monoisotopic (exact) mass is 447 g/mol. The lowest BCUT2D eigenvalue weighted by molar-refractivity contribution is 0.0824. The lowest BCUT2D eigenvalue weighted by atomic mass is 9.94. The van der Waals surface area contributed by atoms with Crippen LogP contribution < -0.4 is 10.1 Å². The number of hydrogen-bond acceptors (Lipinski definition) is 5. The van der Waals surface area contributed by atoms with Crippen molar-refractivity contribution in [3.8, 4) is 16.9 Å². The van der Waals surface area contributed by atoms with Gasteiger partial charge in [-0.1, -0.05) is 17.3 Å². The van der Waals surface area contributed by atoms with Crippen LogP contribution in [0.2, 0.25) is 0 Å². The second-order valence-electron chi connectivity index (χ2n) is 8.37.